The van der Waals surface area contributed by atoms with Gasteiger partial charge in [-0.15, -0.1) is 0 Å². The summed E-state index contributed by atoms with van der Waals surface area (Å²) in [6.45, 7) is 7.94. The molecule has 0 spiro atoms. The lowest BCUT2D eigenvalue weighted by Gasteiger charge is -2.33. The normalized spacial score (nSPS) is 25.1. The largest absolute Gasteiger partial charge is 0.387 e. The van der Waals surface area contributed by atoms with E-state index in [-0.39, 0.29) is 0 Å². The Hall–Kier alpha value is -0.570. The highest BCUT2D eigenvalue weighted by Gasteiger charge is 2.22. The molecule has 0 aromatic heterocycles. The van der Waals surface area contributed by atoms with E-state index >= 15 is 0 Å². The molecule has 2 atom stereocenters. The fraction of sp³-hybridized carbons (Fsp3) is 0.917. The van der Waals surface area contributed by atoms with E-state index in [1.165, 1.54) is 32.4 Å². The summed E-state index contributed by atoms with van der Waals surface area (Å²) in [7, 11) is 0. The minimum absolute atomic E-state index is 0.313. The quantitative estimate of drug-likeness (QED) is 0.540. The van der Waals surface area contributed by atoms with Gasteiger partial charge in [0.05, 0.1) is 5.84 Å². The Morgan fingerprint density at radius 3 is 2.93 bits per heavy atom. The van der Waals surface area contributed by atoms with E-state index < -0.39 is 0 Å². The van der Waals surface area contributed by atoms with Gasteiger partial charge >= 0.3 is 0 Å². The first-order valence-electron chi connectivity index (χ1n) is 6.19. The predicted molar refractivity (Wildman–Crippen MR) is 65.2 cm³/mol. The first-order valence-corrected chi connectivity index (χ1v) is 6.19. The summed E-state index contributed by atoms with van der Waals surface area (Å²) in [5, 5.41) is 7.49. The Labute approximate surface area is 93.5 Å². The molecule has 3 heteroatoms. The van der Waals surface area contributed by atoms with Gasteiger partial charge < -0.3 is 10.6 Å². The Balaban J connectivity index is 2.32. The second-order valence-electron chi connectivity index (χ2n) is 4.95. The van der Waals surface area contributed by atoms with Crippen molar-refractivity contribution in [3.63, 3.8) is 0 Å². The van der Waals surface area contributed by atoms with E-state index in [0.29, 0.717) is 11.8 Å². The Kier molecular flexibility index (Phi) is 5.09. The molecule has 0 aromatic carbocycles. The topological polar surface area (TPSA) is 53.1 Å². The van der Waals surface area contributed by atoms with Crippen molar-refractivity contribution in [3.8, 4) is 0 Å². The van der Waals surface area contributed by atoms with Gasteiger partial charge in [-0.2, -0.15) is 0 Å². The molecule has 15 heavy (non-hydrogen) atoms. The van der Waals surface area contributed by atoms with Crippen LogP contribution in [0.1, 0.15) is 39.5 Å². The van der Waals surface area contributed by atoms with Crippen LogP contribution in [0, 0.1) is 17.2 Å². The van der Waals surface area contributed by atoms with Gasteiger partial charge in [-0.1, -0.05) is 20.3 Å². The standard InChI is InChI=1S/C12H25N3/c1-3-5-10(2)8-15-7-4-6-11(9-15)12(13)14/h10-11H,3-9H2,1-2H3,(H3,13,14). The number of nitrogens with two attached hydrogens (primary N) is 1. The molecule has 0 aromatic rings. The minimum Gasteiger partial charge on any atom is -0.387 e. The number of rotatable bonds is 5. The van der Waals surface area contributed by atoms with Gasteiger partial charge in [0.2, 0.25) is 0 Å². The molecule has 1 heterocycles. The van der Waals surface area contributed by atoms with E-state index in [1.807, 2.05) is 0 Å². The zero-order valence-electron chi connectivity index (χ0n) is 10.1. The van der Waals surface area contributed by atoms with Gasteiger partial charge in [-0.3, -0.25) is 5.41 Å². The molecule has 0 amide bonds. The lowest BCUT2D eigenvalue weighted by Crippen LogP contribution is -2.42. The third-order valence-electron chi connectivity index (χ3n) is 3.30. The summed E-state index contributed by atoms with van der Waals surface area (Å²) in [6, 6.07) is 0. The van der Waals surface area contributed by atoms with Crippen LogP contribution in [0.2, 0.25) is 0 Å². The van der Waals surface area contributed by atoms with Crippen molar-refractivity contribution in [2.45, 2.75) is 39.5 Å². The van der Waals surface area contributed by atoms with Crippen LogP contribution in [0.3, 0.4) is 0 Å². The molecule has 1 saturated heterocycles. The van der Waals surface area contributed by atoms with Crippen LogP contribution < -0.4 is 5.73 Å². The summed E-state index contributed by atoms with van der Waals surface area (Å²) in [5.74, 6) is 1.47. The Morgan fingerprint density at radius 1 is 1.60 bits per heavy atom. The second kappa shape index (κ2) is 6.11. The molecule has 0 saturated carbocycles. The molecule has 1 rings (SSSR count). The lowest BCUT2D eigenvalue weighted by atomic mass is 9.95. The highest BCUT2D eigenvalue weighted by Crippen LogP contribution is 2.18. The summed E-state index contributed by atoms with van der Waals surface area (Å²) in [6.07, 6.45) is 4.88. The molecule has 1 aliphatic rings. The van der Waals surface area contributed by atoms with E-state index in [9.17, 15) is 0 Å². The molecule has 1 aliphatic heterocycles. The van der Waals surface area contributed by atoms with Crippen molar-refractivity contribution in [3.05, 3.63) is 0 Å². The van der Waals surface area contributed by atoms with Gasteiger partial charge in [-0.25, -0.2) is 0 Å². The maximum atomic E-state index is 7.49. The minimum atomic E-state index is 0.313. The zero-order chi connectivity index (χ0) is 11.3. The average molecular weight is 211 g/mol. The molecular formula is C12H25N3. The van der Waals surface area contributed by atoms with Crippen LogP contribution in [-0.4, -0.2) is 30.4 Å². The van der Waals surface area contributed by atoms with Gasteiger partial charge in [0, 0.05) is 19.0 Å². The van der Waals surface area contributed by atoms with Crippen LogP contribution in [-0.2, 0) is 0 Å². The van der Waals surface area contributed by atoms with Crippen molar-refractivity contribution in [2.75, 3.05) is 19.6 Å². The summed E-state index contributed by atoms with van der Waals surface area (Å²) in [4.78, 5) is 2.48. The van der Waals surface area contributed by atoms with Crippen molar-refractivity contribution in [1.29, 1.82) is 5.41 Å². The van der Waals surface area contributed by atoms with Crippen LogP contribution in [0.15, 0.2) is 0 Å². The second-order valence-corrected chi connectivity index (χ2v) is 4.95. The van der Waals surface area contributed by atoms with Crippen molar-refractivity contribution in [1.82, 2.24) is 4.90 Å². The van der Waals surface area contributed by atoms with E-state index in [0.717, 1.165) is 18.9 Å². The van der Waals surface area contributed by atoms with Crippen LogP contribution >= 0.6 is 0 Å². The third-order valence-corrected chi connectivity index (χ3v) is 3.30. The molecule has 0 aliphatic carbocycles. The molecular weight excluding hydrogens is 186 g/mol. The Morgan fingerprint density at radius 2 is 2.33 bits per heavy atom. The summed E-state index contributed by atoms with van der Waals surface area (Å²) < 4.78 is 0. The highest BCUT2D eigenvalue weighted by atomic mass is 15.1. The number of hydrogen-bond donors (Lipinski definition) is 2. The van der Waals surface area contributed by atoms with Crippen molar-refractivity contribution in [2.24, 2.45) is 17.6 Å². The van der Waals surface area contributed by atoms with Gasteiger partial charge in [0.25, 0.3) is 0 Å². The monoisotopic (exact) mass is 211 g/mol. The average Bonchev–Trinajstić information content (AvgIpc) is 2.18. The van der Waals surface area contributed by atoms with Gasteiger partial charge in [-0.05, 0) is 31.7 Å². The fourth-order valence-electron chi connectivity index (χ4n) is 2.50. The number of amidine groups is 1. The molecule has 0 radical (unpaired) electrons. The SMILES string of the molecule is CCCC(C)CN1CCCC(C(=N)N)C1. The number of piperidine rings is 1. The maximum Gasteiger partial charge on any atom is 0.0949 e. The molecule has 88 valence electrons. The summed E-state index contributed by atoms with van der Waals surface area (Å²) >= 11 is 0. The lowest BCUT2D eigenvalue weighted by molar-refractivity contribution is 0.176. The summed E-state index contributed by atoms with van der Waals surface area (Å²) in [5.41, 5.74) is 5.58. The van der Waals surface area contributed by atoms with E-state index in [2.05, 4.69) is 18.7 Å². The van der Waals surface area contributed by atoms with Gasteiger partial charge in [0.1, 0.15) is 0 Å². The third kappa shape index (κ3) is 4.20. The van der Waals surface area contributed by atoms with Crippen molar-refractivity contribution >= 4 is 5.84 Å². The first-order chi connectivity index (χ1) is 7.13. The number of likely N-dealkylation sites (tertiary alicyclic amines) is 1. The van der Waals surface area contributed by atoms with E-state index in [1.54, 1.807) is 0 Å². The van der Waals surface area contributed by atoms with Crippen LogP contribution in [0.4, 0.5) is 0 Å². The predicted octanol–water partition coefficient (Wildman–Crippen LogP) is 2.07. The molecule has 2 unspecified atom stereocenters. The maximum absolute atomic E-state index is 7.49. The molecule has 0 bridgehead atoms. The Bertz CT molecular complexity index is 203. The fourth-order valence-corrected chi connectivity index (χ4v) is 2.50. The van der Waals surface area contributed by atoms with Gasteiger partial charge in [0.15, 0.2) is 0 Å². The zero-order valence-corrected chi connectivity index (χ0v) is 10.1. The highest BCUT2D eigenvalue weighted by molar-refractivity contribution is 5.79. The van der Waals surface area contributed by atoms with Crippen LogP contribution in [0.5, 0.6) is 0 Å². The molecule has 3 N–H and O–H groups in total. The number of nitrogens with one attached hydrogen (secondary N) is 1. The van der Waals surface area contributed by atoms with Crippen molar-refractivity contribution < 1.29 is 0 Å². The van der Waals surface area contributed by atoms with Crippen LogP contribution in [0.25, 0.3) is 0 Å². The molecule has 1 fully saturated rings. The number of nitrogens with zero attached hydrogens (tertiary/aromatic N) is 1. The number of hydrogen-bond acceptors (Lipinski definition) is 2. The van der Waals surface area contributed by atoms with E-state index in [4.69, 9.17) is 11.1 Å². The smallest absolute Gasteiger partial charge is 0.0949 e. The molecule has 3 nitrogen and oxygen atoms in total. The first kappa shape index (κ1) is 12.5.